The summed E-state index contributed by atoms with van der Waals surface area (Å²) in [6.45, 7) is 2.78. The summed E-state index contributed by atoms with van der Waals surface area (Å²) < 4.78 is 12.8. The van der Waals surface area contributed by atoms with E-state index in [-0.39, 0.29) is 17.4 Å². The van der Waals surface area contributed by atoms with Gasteiger partial charge >= 0.3 is 0 Å². The fraction of sp³-hybridized carbons (Fsp3) is 0.579. The van der Waals surface area contributed by atoms with Crippen molar-refractivity contribution in [3.8, 4) is 11.3 Å². The normalized spacial score (nSPS) is 24.0. The monoisotopic (exact) mass is 343 g/mol. The minimum Gasteiger partial charge on any atom is -0.472 e. The lowest BCUT2D eigenvalue weighted by Crippen LogP contribution is -2.67. The van der Waals surface area contributed by atoms with Crippen molar-refractivity contribution in [2.24, 2.45) is 12.5 Å². The Hall–Kier alpha value is -2.08. The van der Waals surface area contributed by atoms with Crippen LogP contribution in [0.25, 0.3) is 11.3 Å². The minimum absolute atomic E-state index is 0.0236. The highest BCUT2D eigenvalue weighted by atomic mass is 16.5. The third-order valence-corrected chi connectivity index (χ3v) is 6.04. The highest BCUT2D eigenvalue weighted by molar-refractivity contribution is 5.99. The molecule has 0 aliphatic heterocycles. The molecule has 134 valence electrons. The molecule has 0 aromatic carbocycles. The van der Waals surface area contributed by atoms with Crippen LogP contribution in [0, 0.1) is 5.41 Å². The van der Waals surface area contributed by atoms with Gasteiger partial charge in [-0.2, -0.15) is 5.10 Å². The van der Waals surface area contributed by atoms with Gasteiger partial charge in [-0.3, -0.25) is 9.48 Å². The molecule has 0 bridgehead atoms. The van der Waals surface area contributed by atoms with Crippen molar-refractivity contribution in [2.75, 3.05) is 13.7 Å². The fourth-order valence-electron chi connectivity index (χ4n) is 4.53. The Kier molecular flexibility index (Phi) is 3.95. The maximum atomic E-state index is 13.2. The van der Waals surface area contributed by atoms with E-state index in [1.165, 1.54) is 6.42 Å². The first-order valence-electron chi connectivity index (χ1n) is 9.02. The van der Waals surface area contributed by atoms with E-state index in [9.17, 15) is 4.79 Å². The van der Waals surface area contributed by atoms with Gasteiger partial charge in [0, 0.05) is 43.9 Å². The van der Waals surface area contributed by atoms with E-state index < -0.39 is 0 Å². The molecule has 2 saturated carbocycles. The number of hydrogen-bond donors (Lipinski definition) is 0. The molecule has 2 aliphatic rings. The van der Waals surface area contributed by atoms with E-state index in [0.29, 0.717) is 17.4 Å². The van der Waals surface area contributed by atoms with E-state index in [1.807, 2.05) is 32.0 Å². The van der Waals surface area contributed by atoms with Crippen LogP contribution in [-0.4, -0.2) is 46.4 Å². The molecule has 4 rings (SSSR count). The Morgan fingerprint density at radius 1 is 1.52 bits per heavy atom. The molecule has 25 heavy (non-hydrogen) atoms. The first kappa shape index (κ1) is 16.4. The number of aryl methyl sites for hydroxylation is 1. The van der Waals surface area contributed by atoms with Crippen LogP contribution in [0.3, 0.4) is 0 Å². The lowest BCUT2D eigenvalue weighted by molar-refractivity contribution is -0.192. The third-order valence-electron chi connectivity index (χ3n) is 6.04. The minimum atomic E-state index is 0.0236. The molecule has 2 aliphatic carbocycles. The highest BCUT2D eigenvalue weighted by Crippen LogP contribution is 2.59. The Morgan fingerprint density at radius 2 is 2.32 bits per heavy atom. The molecule has 6 nitrogen and oxygen atoms in total. The zero-order valence-corrected chi connectivity index (χ0v) is 15.1. The van der Waals surface area contributed by atoms with Gasteiger partial charge in [0.15, 0.2) is 0 Å². The smallest absolute Gasteiger partial charge is 0.257 e. The number of nitrogens with zero attached hydrogens (tertiary/aromatic N) is 3. The van der Waals surface area contributed by atoms with Crippen molar-refractivity contribution < 1.29 is 13.9 Å². The second-order valence-electron chi connectivity index (χ2n) is 7.28. The average Bonchev–Trinajstić information content (AvgIpc) is 3.17. The first-order chi connectivity index (χ1) is 12.1. The number of aromatic nitrogens is 2. The fourth-order valence-corrected chi connectivity index (χ4v) is 4.53. The second kappa shape index (κ2) is 6.02. The molecule has 2 atom stereocenters. The Bertz CT molecular complexity index is 761. The molecule has 1 spiro atoms. The lowest BCUT2D eigenvalue weighted by atomic mass is 9.50. The molecule has 0 N–H and O–H groups in total. The molecule has 1 amide bonds. The van der Waals surface area contributed by atoms with Gasteiger partial charge in [0.05, 0.1) is 24.2 Å². The number of rotatable bonds is 5. The summed E-state index contributed by atoms with van der Waals surface area (Å²) in [5.41, 5.74) is 2.30. The van der Waals surface area contributed by atoms with Gasteiger partial charge in [-0.15, -0.1) is 0 Å². The van der Waals surface area contributed by atoms with Gasteiger partial charge in [-0.1, -0.05) is 6.42 Å². The van der Waals surface area contributed by atoms with Crippen LogP contribution in [0.15, 0.2) is 29.2 Å². The van der Waals surface area contributed by atoms with E-state index >= 15 is 0 Å². The van der Waals surface area contributed by atoms with E-state index in [4.69, 9.17) is 9.15 Å². The van der Waals surface area contributed by atoms with E-state index in [2.05, 4.69) is 5.10 Å². The number of carbonyl (C=O) groups is 1. The topological polar surface area (TPSA) is 60.5 Å². The maximum absolute atomic E-state index is 13.2. The zero-order chi connectivity index (χ0) is 17.6. The number of carbonyl (C=O) groups excluding carboxylic acids is 1. The van der Waals surface area contributed by atoms with Crippen molar-refractivity contribution in [3.63, 3.8) is 0 Å². The van der Waals surface area contributed by atoms with Crippen molar-refractivity contribution in [2.45, 2.75) is 44.8 Å². The van der Waals surface area contributed by atoms with Gasteiger partial charge in [-0.05, 0) is 32.3 Å². The Labute approximate surface area is 147 Å². The number of amides is 1. The molecule has 2 fully saturated rings. The molecule has 2 aromatic heterocycles. The van der Waals surface area contributed by atoms with Gasteiger partial charge in [-0.25, -0.2) is 0 Å². The summed E-state index contributed by atoms with van der Waals surface area (Å²) in [7, 11) is 3.75. The van der Waals surface area contributed by atoms with Crippen LogP contribution in [0.2, 0.25) is 0 Å². The molecule has 0 radical (unpaired) electrons. The molecular weight excluding hydrogens is 318 g/mol. The van der Waals surface area contributed by atoms with E-state index in [0.717, 1.165) is 31.4 Å². The number of ether oxygens (including phenoxy) is 1. The molecule has 0 saturated heterocycles. The highest BCUT2D eigenvalue weighted by Gasteiger charge is 2.61. The quantitative estimate of drug-likeness (QED) is 0.837. The molecular formula is C19H25N3O3. The third kappa shape index (κ3) is 2.42. The van der Waals surface area contributed by atoms with Crippen LogP contribution in [0.5, 0.6) is 0 Å². The van der Waals surface area contributed by atoms with Crippen molar-refractivity contribution in [1.29, 1.82) is 0 Å². The number of furan rings is 1. The van der Waals surface area contributed by atoms with Crippen molar-refractivity contribution in [1.82, 2.24) is 14.7 Å². The average molecular weight is 343 g/mol. The molecule has 2 heterocycles. The Morgan fingerprint density at radius 3 is 2.92 bits per heavy atom. The van der Waals surface area contributed by atoms with Crippen molar-refractivity contribution in [3.05, 3.63) is 30.4 Å². The van der Waals surface area contributed by atoms with Crippen molar-refractivity contribution >= 4 is 5.91 Å². The van der Waals surface area contributed by atoms with Gasteiger partial charge in [0.2, 0.25) is 0 Å². The van der Waals surface area contributed by atoms with Crippen LogP contribution in [-0.2, 0) is 11.8 Å². The molecule has 2 aromatic rings. The summed E-state index contributed by atoms with van der Waals surface area (Å²) >= 11 is 0. The summed E-state index contributed by atoms with van der Waals surface area (Å²) in [4.78, 5) is 15.1. The first-order valence-corrected chi connectivity index (χ1v) is 9.02. The zero-order valence-electron chi connectivity index (χ0n) is 15.1. The predicted molar refractivity (Wildman–Crippen MR) is 93.1 cm³/mol. The Balaban J connectivity index is 1.58. The van der Waals surface area contributed by atoms with E-state index in [1.54, 1.807) is 23.4 Å². The lowest BCUT2D eigenvalue weighted by Gasteiger charge is -2.63. The second-order valence-corrected chi connectivity index (χ2v) is 7.28. The van der Waals surface area contributed by atoms with Crippen LogP contribution in [0.1, 0.15) is 43.0 Å². The summed E-state index contributed by atoms with van der Waals surface area (Å²) in [5.74, 6) is 0.0236. The predicted octanol–water partition coefficient (Wildman–Crippen LogP) is 3.10. The molecule has 6 heteroatoms. The standard InChI is InChI=1S/C19H25N3O3/c1-4-25-16-10-15(19(16)7-5-8-19)22(3)18(23)14-11-21(2)20-17(14)13-6-9-24-12-13/h6,9,11-12,15-16H,4-5,7-8,10H2,1-3H3/t15-,16+/m1/s1. The largest absolute Gasteiger partial charge is 0.472 e. The van der Waals surface area contributed by atoms with Gasteiger partial charge in [0.1, 0.15) is 5.69 Å². The summed E-state index contributed by atoms with van der Waals surface area (Å²) in [5, 5.41) is 4.46. The summed E-state index contributed by atoms with van der Waals surface area (Å²) in [6.07, 6.45) is 9.79. The summed E-state index contributed by atoms with van der Waals surface area (Å²) in [6, 6.07) is 2.09. The van der Waals surface area contributed by atoms with Crippen LogP contribution in [0.4, 0.5) is 0 Å². The number of hydrogen-bond acceptors (Lipinski definition) is 4. The SMILES string of the molecule is CCO[C@H]1C[C@@H](N(C)C(=O)c2cn(C)nc2-c2ccoc2)C12CCC2. The van der Waals surface area contributed by atoms with Crippen LogP contribution >= 0.6 is 0 Å². The maximum Gasteiger partial charge on any atom is 0.257 e. The molecule has 0 unspecified atom stereocenters. The van der Waals surface area contributed by atoms with Gasteiger partial charge in [0.25, 0.3) is 5.91 Å². The van der Waals surface area contributed by atoms with Crippen LogP contribution < -0.4 is 0 Å². The van der Waals surface area contributed by atoms with Gasteiger partial charge < -0.3 is 14.1 Å².